The highest BCUT2D eigenvalue weighted by atomic mass is 16.5. The molecular weight excluding hydrogens is 224 g/mol. The van der Waals surface area contributed by atoms with Gasteiger partial charge in [-0.2, -0.15) is 0 Å². The van der Waals surface area contributed by atoms with E-state index >= 15 is 0 Å². The number of pyridine rings is 1. The number of nitrogen functional groups attached to an aromatic ring is 1. The van der Waals surface area contributed by atoms with Gasteiger partial charge in [-0.3, -0.25) is 0 Å². The fraction of sp³-hybridized carbons (Fsp3) is 0.267. The third-order valence-electron chi connectivity index (χ3n) is 3.43. The van der Waals surface area contributed by atoms with Gasteiger partial charge in [0.2, 0.25) is 0 Å². The fourth-order valence-electron chi connectivity index (χ4n) is 2.39. The molecule has 0 radical (unpaired) electrons. The second kappa shape index (κ2) is 4.33. The van der Waals surface area contributed by atoms with Gasteiger partial charge in [-0.25, -0.2) is 4.98 Å². The second-order valence-corrected chi connectivity index (χ2v) is 4.75. The zero-order valence-corrected chi connectivity index (χ0v) is 10.4. The first-order chi connectivity index (χ1) is 8.74. The van der Waals surface area contributed by atoms with Gasteiger partial charge >= 0.3 is 0 Å². The van der Waals surface area contributed by atoms with E-state index in [2.05, 4.69) is 29.2 Å². The molecule has 0 amide bonds. The van der Waals surface area contributed by atoms with Gasteiger partial charge < -0.3 is 10.5 Å². The number of hydrogen-bond acceptors (Lipinski definition) is 3. The molecule has 1 aliphatic rings. The topological polar surface area (TPSA) is 48.1 Å². The van der Waals surface area contributed by atoms with Crippen LogP contribution in [0.2, 0.25) is 0 Å². The smallest absolute Gasteiger partial charge is 0.166 e. The van der Waals surface area contributed by atoms with Crippen molar-refractivity contribution >= 4 is 5.82 Å². The van der Waals surface area contributed by atoms with E-state index in [4.69, 9.17) is 10.5 Å². The summed E-state index contributed by atoms with van der Waals surface area (Å²) in [4.78, 5) is 4.19. The van der Waals surface area contributed by atoms with Crippen molar-refractivity contribution in [2.24, 2.45) is 0 Å². The largest absolute Gasteiger partial charge is 0.489 e. The van der Waals surface area contributed by atoms with E-state index in [9.17, 15) is 0 Å². The highest BCUT2D eigenvalue weighted by molar-refractivity contribution is 5.46. The summed E-state index contributed by atoms with van der Waals surface area (Å²) in [5.41, 5.74) is 9.57. The lowest BCUT2D eigenvalue weighted by Gasteiger charge is -2.29. The molecule has 1 unspecified atom stereocenters. The molecule has 1 aromatic carbocycles. The van der Waals surface area contributed by atoms with Gasteiger partial charge in [0.05, 0.1) is 6.61 Å². The van der Waals surface area contributed by atoms with Gasteiger partial charge in [-0.1, -0.05) is 24.3 Å². The van der Waals surface area contributed by atoms with Crippen molar-refractivity contribution in [3.63, 3.8) is 0 Å². The Labute approximate surface area is 107 Å². The van der Waals surface area contributed by atoms with Gasteiger partial charge in [-0.15, -0.1) is 0 Å². The van der Waals surface area contributed by atoms with Gasteiger partial charge in [0, 0.05) is 11.6 Å². The molecular formula is C15H16N2O. The number of anilines is 1. The standard InChI is InChI=1S/C15H16N2O/c1-10-6-7-14(15(16)17-10)18-9-12-8-11-4-2-3-5-13(11)12/h2-7,12H,8-9H2,1H3,(H2,16,17). The van der Waals surface area contributed by atoms with Gasteiger partial charge in [0.25, 0.3) is 0 Å². The summed E-state index contributed by atoms with van der Waals surface area (Å²) >= 11 is 0. The van der Waals surface area contributed by atoms with Crippen LogP contribution in [0.5, 0.6) is 5.75 Å². The maximum absolute atomic E-state index is 5.83. The summed E-state index contributed by atoms with van der Waals surface area (Å²) in [7, 11) is 0. The van der Waals surface area contributed by atoms with E-state index in [1.54, 1.807) is 0 Å². The van der Waals surface area contributed by atoms with Crippen LogP contribution in [0.4, 0.5) is 5.82 Å². The molecule has 1 heterocycles. The van der Waals surface area contributed by atoms with Gasteiger partial charge in [-0.05, 0) is 36.6 Å². The maximum Gasteiger partial charge on any atom is 0.166 e. The molecule has 1 aromatic heterocycles. The van der Waals surface area contributed by atoms with Crippen LogP contribution < -0.4 is 10.5 Å². The SMILES string of the molecule is Cc1ccc(OCC2Cc3ccccc32)c(N)n1. The van der Waals surface area contributed by atoms with Gasteiger partial charge in [0.15, 0.2) is 11.6 Å². The van der Waals surface area contributed by atoms with Crippen LogP contribution in [0.3, 0.4) is 0 Å². The van der Waals surface area contributed by atoms with Crippen molar-refractivity contribution in [3.05, 3.63) is 53.2 Å². The molecule has 0 saturated heterocycles. The molecule has 2 aromatic rings. The zero-order valence-electron chi connectivity index (χ0n) is 10.4. The first-order valence-electron chi connectivity index (χ1n) is 6.18. The van der Waals surface area contributed by atoms with Crippen molar-refractivity contribution in [2.75, 3.05) is 12.3 Å². The Balaban J connectivity index is 1.66. The Hall–Kier alpha value is -2.03. The molecule has 0 spiro atoms. The number of ether oxygens (including phenoxy) is 1. The molecule has 3 heteroatoms. The number of aryl methyl sites for hydroxylation is 1. The lowest BCUT2D eigenvalue weighted by molar-refractivity contribution is 0.276. The third kappa shape index (κ3) is 1.92. The number of rotatable bonds is 3. The number of hydrogen-bond donors (Lipinski definition) is 1. The monoisotopic (exact) mass is 240 g/mol. The van der Waals surface area contributed by atoms with E-state index in [0.717, 1.165) is 12.1 Å². The van der Waals surface area contributed by atoms with Crippen molar-refractivity contribution in [1.29, 1.82) is 0 Å². The summed E-state index contributed by atoms with van der Waals surface area (Å²) in [6, 6.07) is 12.3. The van der Waals surface area contributed by atoms with Crippen LogP contribution in [0.1, 0.15) is 22.7 Å². The number of benzene rings is 1. The number of aromatic nitrogens is 1. The van der Waals surface area contributed by atoms with Crippen molar-refractivity contribution in [3.8, 4) is 5.75 Å². The molecule has 2 N–H and O–H groups in total. The van der Waals surface area contributed by atoms with Crippen LogP contribution in [0, 0.1) is 6.92 Å². The molecule has 92 valence electrons. The Kier molecular flexibility index (Phi) is 2.67. The molecule has 3 rings (SSSR count). The summed E-state index contributed by atoms with van der Waals surface area (Å²) in [6.45, 7) is 2.59. The van der Waals surface area contributed by atoms with E-state index in [1.165, 1.54) is 11.1 Å². The van der Waals surface area contributed by atoms with Gasteiger partial charge in [0.1, 0.15) is 0 Å². The zero-order chi connectivity index (χ0) is 12.5. The predicted molar refractivity (Wildman–Crippen MR) is 71.8 cm³/mol. The second-order valence-electron chi connectivity index (χ2n) is 4.75. The third-order valence-corrected chi connectivity index (χ3v) is 3.43. The van der Waals surface area contributed by atoms with Crippen molar-refractivity contribution in [2.45, 2.75) is 19.3 Å². The number of nitrogens with two attached hydrogens (primary N) is 1. The first-order valence-corrected chi connectivity index (χ1v) is 6.18. The van der Waals surface area contributed by atoms with Crippen molar-refractivity contribution in [1.82, 2.24) is 4.98 Å². The normalized spacial score (nSPS) is 16.8. The molecule has 0 saturated carbocycles. The minimum absolute atomic E-state index is 0.475. The molecule has 3 nitrogen and oxygen atoms in total. The van der Waals surface area contributed by atoms with Crippen molar-refractivity contribution < 1.29 is 4.74 Å². The van der Waals surface area contributed by atoms with E-state index in [0.29, 0.717) is 24.1 Å². The fourth-order valence-corrected chi connectivity index (χ4v) is 2.39. The quantitative estimate of drug-likeness (QED) is 0.897. The van der Waals surface area contributed by atoms with E-state index in [-0.39, 0.29) is 0 Å². The maximum atomic E-state index is 5.83. The molecule has 18 heavy (non-hydrogen) atoms. The summed E-state index contributed by atoms with van der Waals surface area (Å²) in [6.07, 6.45) is 1.09. The van der Waals surface area contributed by atoms with Crippen LogP contribution >= 0.6 is 0 Å². The number of nitrogens with zero attached hydrogens (tertiary/aromatic N) is 1. The predicted octanol–water partition coefficient (Wildman–Crippen LogP) is 2.69. The minimum atomic E-state index is 0.475. The molecule has 0 aliphatic heterocycles. The average molecular weight is 240 g/mol. The minimum Gasteiger partial charge on any atom is -0.489 e. The first kappa shape index (κ1) is 11.1. The Morgan fingerprint density at radius 2 is 2.11 bits per heavy atom. The lowest BCUT2D eigenvalue weighted by Crippen LogP contribution is -2.23. The van der Waals surface area contributed by atoms with Crippen LogP contribution in [0.25, 0.3) is 0 Å². The Morgan fingerprint density at radius 1 is 1.28 bits per heavy atom. The molecule has 0 fully saturated rings. The summed E-state index contributed by atoms with van der Waals surface area (Å²) < 4.78 is 5.77. The highest BCUT2D eigenvalue weighted by Gasteiger charge is 2.26. The Morgan fingerprint density at radius 3 is 2.89 bits per heavy atom. The molecule has 1 aliphatic carbocycles. The van der Waals surface area contributed by atoms with E-state index < -0.39 is 0 Å². The molecule has 1 atom stereocenters. The highest BCUT2D eigenvalue weighted by Crippen LogP contribution is 2.35. The summed E-state index contributed by atoms with van der Waals surface area (Å²) in [5, 5.41) is 0. The molecule has 0 bridgehead atoms. The van der Waals surface area contributed by atoms with Crippen LogP contribution in [-0.2, 0) is 6.42 Å². The summed E-state index contributed by atoms with van der Waals surface area (Å²) in [5.74, 6) is 1.65. The number of fused-ring (bicyclic) bond motifs is 1. The lowest BCUT2D eigenvalue weighted by atomic mass is 9.78. The Bertz CT molecular complexity index is 580. The van der Waals surface area contributed by atoms with Crippen LogP contribution in [0.15, 0.2) is 36.4 Å². The van der Waals surface area contributed by atoms with Crippen LogP contribution in [-0.4, -0.2) is 11.6 Å². The van der Waals surface area contributed by atoms with E-state index in [1.807, 2.05) is 19.1 Å². The average Bonchev–Trinajstić information content (AvgIpc) is 2.33.